The van der Waals surface area contributed by atoms with E-state index in [9.17, 15) is 0 Å². The lowest BCUT2D eigenvalue weighted by atomic mass is 9.88. The summed E-state index contributed by atoms with van der Waals surface area (Å²) in [6.45, 7) is 11.7. The maximum Gasteiger partial charge on any atom is 0.0829 e. The van der Waals surface area contributed by atoms with Gasteiger partial charge in [-0.25, -0.2) is 0 Å². The van der Waals surface area contributed by atoms with Crippen molar-refractivity contribution >= 4 is 0 Å². The molecule has 16 heavy (non-hydrogen) atoms. The molecule has 2 fully saturated rings. The fourth-order valence-corrected chi connectivity index (χ4v) is 2.66. The molecule has 0 aromatic rings. The van der Waals surface area contributed by atoms with Gasteiger partial charge in [0, 0.05) is 38.3 Å². The van der Waals surface area contributed by atoms with E-state index in [0.717, 1.165) is 52.3 Å². The second kappa shape index (κ2) is 5.00. The van der Waals surface area contributed by atoms with Crippen LogP contribution in [0.1, 0.15) is 20.3 Å². The molecular weight excluding hydrogens is 202 g/mol. The first kappa shape index (κ1) is 12.3. The smallest absolute Gasteiger partial charge is 0.0829 e. The normalized spacial score (nSPS) is 31.3. The second-order valence-electron chi connectivity index (χ2n) is 5.27. The molecule has 0 aromatic carbocycles. The highest BCUT2D eigenvalue weighted by Gasteiger charge is 2.38. The summed E-state index contributed by atoms with van der Waals surface area (Å²) in [5, 5.41) is 0. The summed E-state index contributed by atoms with van der Waals surface area (Å²) in [5.74, 6) is 0. The number of nitrogens with two attached hydrogens (primary N) is 1. The van der Waals surface area contributed by atoms with Crippen LogP contribution in [0.2, 0.25) is 0 Å². The van der Waals surface area contributed by atoms with Crippen molar-refractivity contribution < 1.29 is 4.74 Å². The molecule has 1 atom stereocenters. The van der Waals surface area contributed by atoms with E-state index in [-0.39, 0.29) is 5.54 Å². The van der Waals surface area contributed by atoms with Crippen LogP contribution in [0.3, 0.4) is 0 Å². The Labute approximate surface area is 98.7 Å². The predicted molar refractivity (Wildman–Crippen MR) is 65.5 cm³/mol. The molecular formula is C12H25N3O. The molecule has 2 N–H and O–H groups in total. The molecule has 0 aromatic heterocycles. The number of nitrogens with zero attached hydrogens (tertiary/aromatic N) is 2. The first-order chi connectivity index (χ1) is 7.65. The van der Waals surface area contributed by atoms with Gasteiger partial charge in [-0.2, -0.15) is 0 Å². The van der Waals surface area contributed by atoms with Crippen LogP contribution in [0.25, 0.3) is 0 Å². The molecule has 94 valence electrons. The number of morpholine rings is 1. The highest BCUT2D eigenvalue weighted by molar-refractivity contribution is 4.99. The van der Waals surface area contributed by atoms with Crippen LogP contribution in [0.15, 0.2) is 0 Å². The van der Waals surface area contributed by atoms with E-state index in [4.69, 9.17) is 10.5 Å². The van der Waals surface area contributed by atoms with Crippen molar-refractivity contribution in [3.8, 4) is 0 Å². The lowest BCUT2D eigenvalue weighted by Gasteiger charge is -2.49. The third-order valence-corrected chi connectivity index (χ3v) is 3.91. The summed E-state index contributed by atoms with van der Waals surface area (Å²) >= 11 is 0. The van der Waals surface area contributed by atoms with E-state index >= 15 is 0 Å². The molecule has 2 saturated heterocycles. The first-order valence-electron chi connectivity index (χ1n) is 6.50. The molecule has 0 aliphatic carbocycles. The number of likely N-dealkylation sites (tertiary alicyclic amines) is 1. The third kappa shape index (κ3) is 2.74. The van der Waals surface area contributed by atoms with Gasteiger partial charge >= 0.3 is 0 Å². The Morgan fingerprint density at radius 1 is 1.31 bits per heavy atom. The van der Waals surface area contributed by atoms with Crippen LogP contribution in [0, 0.1) is 0 Å². The molecule has 0 radical (unpaired) electrons. The zero-order valence-corrected chi connectivity index (χ0v) is 10.6. The second-order valence-corrected chi connectivity index (χ2v) is 5.27. The minimum absolute atomic E-state index is 0.0825. The van der Waals surface area contributed by atoms with Gasteiger partial charge in [-0.3, -0.25) is 9.80 Å². The quantitative estimate of drug-likeness (QED) is 0.741. The molecule has 2 rings (SSSR count). The van der Waals surface area contributed by atoms with Crippen LogP contribution in [0.5, 0.6) is 0 Å². The minimum atomic E-state index is 0.0825. The lowest BCUT2D eigenvalue weighted by molar-refractivity contribution is -0.0618. The van der Waals surface area contributed by atoms with Crippen LogP contribution in [-0.2, 0) is 4.74 Å². The van der Waals surface area contributed by atoms with Gasteiger partial charge in [-0.15, -0.1) is 0 Å². The zero-order valence-electron chi connectivity index (χ0n) is 10.6. The molecule has 2 heterocycles. The molecule has 1 unspecified atom stereocenters. The van der Waals surface area contributed by atoms with Gasteiger partial charge in [0.05, 0.1) is 12.7 Å². The molecule has 4 nitrogen and oxygen atoms in total. The molecule has 2 aliphatic rings. The first-order valence-corrected chi connectivity index (χ1v) is 6.50. The van der Waals surface area contributed by atoms with E-state index in [1.807, 2.05) is 0 Å². The largest absolute Gasteiger partial charge is 0.374 e. The number of hydrogen-bond donors (Lipinski definition) is 1. The van der Waals surface area contributed by atoms with Gasteiger partial charge in [0.1, 0.15) is 0 Å². The topological polar surface area (TPSA) is 41.7 Å². The maximum absolute atomic E-state index is 6.16. The Morgan fingerprint density at radius 3 is 2.69 bits per heavy atom. The van der Waals surface area contributed by atoms with Crippen molar-refractivity contribution in [1.29, 1.82) is 0 Å². The van der Waals surface area contributed by atoms with Crippen molar-refractivity contribution in [2.75, 3.05) is 45.9 Å². The van der Waals surface area contributed by atoms with Crippen LogP contribution < -0.4 is 5.73 Å². The van der Waals surface area contributed by atoms with Gasteiger partial charge in [0.25, 0.3) is 0 Å². The Bertz CT molecular complexity index is 228. The van der Waals surface area contributed by atoms with Gasteiger partial charge in [-0.1, -0.05) is 13.8 Å². The van der Waals surface area contributed by atoms with E-state index in [1.54, 1.807) is 0 Å². The number of likely N-dealkylation sites (N-methyl/N-ethyl adjacent to an activating group) is 1. The summed E-state index contributed by atoms with van der Waals surface area (Å²) in [6, 6.07) is 0. The summed E-state index contributed by atoms with van der Waals surface area (Å²) in [5.41, 5.74) is 6.24. The molecule has 0 amide bonds. The van der Waals surface area contributed by atoms with E-state index in [1.165, 1.54) is 0 Å². The highest BCUT2D eigenvalue weighted by Crippen LogP contribution is 2.22. The maximum atomic E-state index is 6.16. The number of rotatable bonds is 4. The molecule has 0 saturated carbocycles. The van der Waals surface area contributed by atoms with E-state index in [0.29, 0.717) is 6.10 Å². The fraction of sp³-hybridized carbons (Fsp3) is 1.00. The summed E-state index contributed by atoms with van der Waals surface area (Å²) in [7, 11) is 0. The monoisotopic (exact) mass is 227 g/mol. The predicted octanol–water partition coefficient (Wildman–Crippen LogP) is 0.130. The van der Waals surface area contributed by atoms with Gasteiger partial charge in [0.15, 0.2) is 0 Å². The van der Waals surface area contributed by atoms with Gasteiger partial charge in [-0.05, 0) is 13.0 Å². The summed E-state index contributed by atoms with van der Waals surface area (Å²) in [6.07, 6.45) is 1.46. The van der Waals surface area contributed by atoms with Crippen LogP contribution in [-0.4, -0.2) is 67.3 Å². The summed E-state index contributed by atoms with van der Waals surface area (Å²) in [4.78, 5) is 4.89. The Morgan fingerprint density at radius 2 is 2.06 bits per heavy atom. The molecule has 0 spiro atoms. The molecule has 4 heteroatoms. The Hall–Kier alpha value is -0.160. The van der Waals surface area contributed by atoms with Crippen molar-refractivity contribution in [3.63, 3.8) is 0 Å². The van der Waals surface area contributed by atoms with Crippen molar-refractivity contribution in [1.82, 2.24) is 9.80 Å². The zero-order chi connectivity index (χ0) is 11.6. The number of hydrogen-bond acceptors (Lipinski definition) is 4. The van der Waals surface area contributed by atoms with Gasteiger partial charge in [0.2, 0.25) is 0 Å². The standard InChI is InChI=1S/C12H25N3O/c1-3-12(13)9-15(10-12)8-11-7-14(4-2)5-6-16-11/h11H,3-10,13H2,1-2H3. The van der Waals surface area contributed by atoms with Crippen LogP contribution >= 0.6 is 0 Å². The van der Waals surface area contributed by atoms with Crippen molar-refractivity contribution in [3.05, 3.63) is 0 Å². The minimum Gasteiger partial charge on any atom is -0.374 e. The fourth-order valence-electron chi connectivity index (χ4n) is 2.66. The highest BCUT2D eigenvalue weighted by atomic mass is 16.5. The van der Waals surface area contributed by atoms with E-state index in [2.05, 4.69) is 23.6 Å². The summed E-state index contributed by atoms with van der Waals surface area (Å²) < 4.78 is 5.79. The SMILES string of the molecule is CCN1CCOC(CN2CC(N)(CC)C2)C1. The van der Waals surface area contributed by atoms with Crippen molar-refractivity contribution in [2.45, 2.75) is 31.9 Å². The van der Waals surface area contributed by atoms with Crippen LogP contribution in [0.4, 0.5) is 0 Å². The lowest BCUT2D eigenvalue weighted by Crippen LogP contribution is -2.68. The molecule has 0 bridgehead atoms. The molecule has 2 aliphatic heterocycles. The third-order valence-electron chi connectivity index (χ3n) is 3.91. The van der Waals surface area contributed by atoms with Crippen molar-refractivity contribution in [2.24, 2.45) is 5.73 Å². The van der Waals surface area contributed by atoms with E-state index < -0.39 is 0 Å². The Kier molecular flexibility index (Phi) is 3.85. The van der Waals surface area contributed by atoms with Gasteiger partial charge < -0.3 is 10.5 Å². The Balaban J connectivity index is 1.71. The number of ether oxygens (including phenoxy) is 1. The average Bonchev–Trinajstić information content (AvgIpc) is 2.27. The average molecular weight is 227 g/mol.